The Morgan fingerprint density at radius 2 is 1.94 bits per heavy atom. The number of aliphatic hydroxyl groups excluding tert-OH is 1. The molecule has 4 N–H and O–H groups in total. The van der Waals surface area contributed by atoms with Crippen molar-refractivity contribution in [3.63, 3.8) is 0 Å². The molecule has 0 aromatic heterocycles. The van der Waals surface area contributed by atoms with Crippen molar-refractivity contribution in [2.24, 2.45) is 11.7 Å². The zero-order chi connectivity index (χ0) is 12.1. The van der Waals surface area contributed by atoms with Crippen molar-refractivity contribution < 1.29 is 15.0 Å². The van der Waals surface area contributed by atoms with E-state index in [-0.39, 0.29) is 0 Å². The maximum absolute atomic E-state index is 10.8. The van der Waals surface area contributed by atoms with Gasteiger partial charge in [-0.05, 0) is 18.9 Å². The Kier molecular flexibility index (Phi) is 4.46. The first-order valence-electron chi connectivity index (χ1n) is 5.22. The molecule has 4 nitrogen and oxygen atoms in total. The van der Waals surface area contributed by atoms with Crippen LogP contribution < -0.4 is 5.73 Å². The largest absolute Gasteiger partial charge is 0.480 e. The van der Waals surface area contributed by atoms with E-state index < -0.39 is 24.0 Å². The van der Waals surface area contributed by atoms with E-state index in [1.54, 1.807) is 6.92 Å². The number of hydrogen-bond acceptors (Lipinski definition) is 3. The van der Waals surface area contributed by atoms with Crippen molar-refractivity contribution in [3.05, 3.63) is 35.9 Å². The van der Waals surface area contributed by atoms with Crippen LogP contribution in [0.1, 0.15) is 12.5 Å². The van der Waals surface area contributed by atoms with Gasteiger partial charge in [-0.25, -0.2) is 0 Å². The maximum Gasteiger partial charge on any atom is 0.320 e. The third-order valence-electron chi connectivity index (χ3n) is 2.68. The Hall–Kier alpha value is -1.39. The van der Waals surface area contributed by atoms with Gasteiger partial charge in [0.05, 0.1) is 6.10 Å². The Morgan fingerprint density at radius 3 is 2.38 bits per heavy atom. The van der Waals surface area contributed by atoms with E-state index in [2.05, 4.69) is 0 Å². The Balaban J connectivity index is 2.77. The molecule has 0 fully saturated rings. The van der Waals surface area contributed by atoms with E-state index in [4.69, 9.17) is 10.8 Å². The van der Waals surface area contributed by atoms with E-state index in [1.807, 2.05) is 30.3 Å². The van der Waals surface area contributed by atoms with Gasteiger partial charge in [-0.3, -0.25) is 4.79 Å². The van der Waals surface area contributed by atoms with Crippen molar-refractivity contribution in [1.29, 1.82) is 0 Å². The summed E-state index contributed by atoms with van der Waals surface area (Å²) in [5, 5.41) is 18.4. The summed E-state index contributed by atoms with van der Waals surface area (Å²) in [4.78, 5) is 10.8. The lowest BCUT2D eigenvalue weighted by molar-refractivity contribution is -0.141. The van der Waals surface area contributed by atoms with Gasteiger partial charge in [0, 0.05) is 5.92 Å². The first-order chi connectivity index (χ1) is 7.52. The van der Waals surface area contributed by atoms with Gasteiger partial charge in [0.1, 0.15) is 6.04 Å². The highest BCUT2D eigenvalue weighted by Gasteiger charge is 2.28. The lowest BCUT2D eigenvalue weighted by Gasteiger charge is -2.23. The minimum absolute atomic E-state index is 0.464. The molecule has 1 aromatic rings. The summed E-state index contributed by atoms with van der Waals surface area (Å²) in [5.41, 5.74) is 6.53. The molecule has 3 atom stereocenters. The number of rotatable bonds is 5. The standard InChI is InChI=1S/C12H17NO3/c1-8(14)10(11(13)12(15)16)7-9-5-3-2-4-6-9/h2-6,8,10-11,14H,7,13H2,1H3,(H,15,16)/t8-,10?,11+/m0/s1. The molecule has 0 aliphatic heterocycles. The zero-order valence-electron chi connectivity index (χ0n) is 9.21. The Labute approximate surface area is 94.7 Å². The quantitative estimate of drug-likeness (QED) is 0.684. The molecule has 0 saturated heterocycles. The van der Waals surface area contributed by atoms with Crippen LogP contribution in [0.3, 0.4) is 0 Å². The highest BCUT2D eigenvalue weighted by Crippen LogP contribution is 2.15. The van der Waals surface area contributed by atoms with Gasteiger partial charge in [-0.15, -0.1) is 0 Å². The molecule has 1 aromatic carbocycles. The first-order valence-corrected chi connectivity index (χ1v) is 5.22. The predicted molar refractivity (Wildman–Crippen MR) is 60.9 cm³/mol. The summed E-state index contributed by atoms with van der Waals surface area (Å²) in [6.07, 6.45) is -0.280. The Morgan fingerprint density at radius 1 is 1.38 bits per heavy atom. The monoisotopic (exact) mass is 223 g/mol. The lowest BCUT2D eigenvalue weighted by Crippen LogP contribution is -2.44. The van der Waals surface area contributed by atoms with Crippen LogP contribution in [0.15, 0.2) is 30.3 Å². The molecule has 88 valence electrons. The van der Waals surface area contributed by atoms with E-state index in [9.17, 15) is 9.90 Å². The topological polar surface area (TPSA) is 83.5 Å². The predicted octanol–water partition coefficient (Wildman–Crippen LogP) is 0.638. The second-order valence-electron chi connectivity index (χ2n) is 3.96. The second kappa shape index (κ2) is 5.63. The van der Waals surface area contributed by atoms with Crippen molar-refractivity contribution >= 4 is 5.97 Å². The van der Waals surface area contributed by atoms with Crippen molar-refractivity contribution in [3.8, 4) is 0 Å². The zero-order valence-corrected chi connectivity index (χ0v) is 9.21. The van der Waals surface area contributed by atoms with Crippen molar-refractivity contribution in [2.45, 2.75) is 25.5 Å². The summed E-state index contributed by atoms with van der Waals surface area (Å²) in [7, 11) is 0. The van der Waals surface area contributed by atoms with E-state index in [1.165, 1.54) is 0 Å². The molecule has 0 spiro atoms. The molecule has 0 aliphatic rings. The summed E-state index contributed by atoms with van der Waals surface area (Å²) >= 11 is 0. The van der Waals surface area contributed by atoms with E-state index in [0.717, 1.165) is 5.56 Å². The van der Waals surface area contributed by atoms with Gasteiger partial charge in [0.15, 0.2) is 0 Å². The molecule has 0 aliphatic carbocycles. The van der Waals surface area contributed by atoms with Crippen LogP contribution >= 0.6 is 0 Å². The van der Waals surface area contributed by atoms with Crippen LogP contribution in [-0.4, -0.2) is 28.3 Å². The SMILES string of the molecule is C[C@H](O)C(Cc1ccccc1)[C@@H](N)C(=O)O. The number of benzene rings is 1. The van der Waals surface area contributed by atoms with Crippen molar-refractivity contribution in [2.75, 3.05) is 0 Å². The number of aliphatic carboxylic acids is 1. The van der Waals surface area contributed by atoms with Crippen LogP contribution in [0.4, 0.5) is 0 Å². The summed E-state index contributed by atoms with van der Waals surface area (Å²) in [5.74, 6) is -1.55. The molecule has 16 heavy (non-hydrogen) atoms. The van der Waals surface area contributed by atoms with Crippen molar-refractivity contribution in [1.82, 2.24) is 0 Å². The highest BCUT2D eigenvalue weighted by molar-refractivity contribution is 5.73. The number of carboxylic acids is 1. The maximum atomic E-state index is 10.8. The number of hydrogen-bond donors (Lipinski definition) is 3. The van der Waals surface area contributed by atoms with Gasteiger partial charge in [0.2, 0.25) is 0 Å². The van der Waals surface area contributed by atoms with Gasteiger partial charge in [-0.2, -0.15) is 0 Å². The third-order valence-corrected chi connectivity index (χ3v) is 2.68. The lowest BCUT2D eigenvalue weighted by atomic mass is 9.88. The molecule has 0 amide bonds. The minimum Gasteiger partial charge on any atom is -0.480 e. The van der Waals surface area contributed by atoms with Crippen LogP contribution in [-0.2, 0) is 11.2 Å². The summed E-state index contributed by atoms with van der Waals surface area (Å²) < 4.78 is 0. The number of carbonyl (C=O) groups is 1. The van der Waals surface area contributed by atoms with E-state index in [0.29, 0.717) is 6.42 Å². The number of nitrogens with two attached hydrogens (primary N) is 1. The summed E-state index contributed by atoms with van der Waals surface area (Å²) in [6, 6.07) is 8.38. The third kappa shape index (κ3) is 3.32. The molecule has 0 heterocycles. The summed E-state index contributed by atoms with van der Waals surface area (Å²) in [6.45, 7) is 1.57. The molecule has 0 saturated carbocycles. The molecule has 0 radical (unpaired) electrons. The molecule has 0 bridgehead atoms. The van der Waals surface area contributed by atoms with Gasteiger partial charge in [-0.1, -0.05) is 30.3 Å². The van der Waals surface area contributed by atoms with Crippen LogP contribution in [0.25, 0.3) is 0 Å². The van der Waals surface area contributed by atoms with Gasteiger partial charge >= 0.3 is 5.97 Å². The van der Waals surface area contributed by atoms with Gasteiger partial charge in [0.25, 0.3) is 0 Å². The fourth-order valence-corrected chi connectivity index (χ4v) is 1.67. The average Bonchev–Trinajstić information content (AvgIpc) is 2.26. The molecular weight excluding hydrogens is 206 g/mol. The van der Waals surface area contributed by atoms with E-state index >= 15 is 0 Å². The molecule has 1 rings (SSSR count). The fourth-order valence-electron chi connectivity index (χ4n) is 1.67. The highest BCUT2D eigenvalue weighted by atomic mass is 16.4. The number of carboxylic acid groups (broad SMARTS) is 1. The molecular formula is C12H17NO3. The minimum atomic E-state index is -1.08. The second-order valence-corrected chi connectivity index (χ2v) is 3.96. The van der Waals surface area contributed by atoms with Crippen LogP contribution in [0, 0.1) is 5.92 Å². The number of aliphatic hydroxyl groups is 1. The molecule has 1 unspecified atom stereocenters. The fraction of sp³-hybridized carbons (Fsp3) is 0.417. The average molecular weight is 223 g/mol. The molecule has 4 heteroatoms. The normalized spacial score (nSPS) is 16.4. The smallest absolute Gasteiger partial charge is 0.320 e. The first kappa shape index (κ1) is 12.7. The van der Waals surface area contributed by atoms with Crippen LogP contribution in [0.5, 0.6) is 0 Å². The Bertz CT molecular complexity index is 337. The van der Waals surface area contributed by atoms with Crippen LogP contribution in [0.2, 0.25) is 0 Å². The van der Waals surface area contributed by atoms with Gasteiger partial charge < -0.3 is 15.9 Å².